The molecular weight excluding hydrogens is 240 g/mol. The summed E-state index contributed by atoms with van der Waals surface area (Å²) in [5.41, 5.74) is 6.44. The van der Waals surface area contributed by atoms with Crippen molar-refractivity contribution in [3.63, 3.8) is 0 Å². The van der Waals surface area contributed by atoms with Crippen molar-refractivity contribution in [3.05, 3.63) is 35.9 Å². The van der Waals surface area contributed by atoms with Crippen molar-refractivity contribution in [3.8, 4) is 5.75 Å². The maximum Gasteiger partial charge on any atom is 0.246 e. The van der Waals surface area contributed by atoms with Gasteiger partial charge in [-0.15, -0.1) is 0 Å². The Kier molecular flexibility index (Phi) is 6.68. The molecule has 0 radical (unpaired) electrons. The molecule has 1 aromatic rings. The zero-order valence-electron chi connectivity index (χ0n) is 11.6. The molecule has 0 atom stereocenters. The van der Waals surface area contributed by atoms with Crippen molar-refractivity contribution in [2.75, 3.05) is 26.2 Å². The van der Waals surface area contributed by atoms with Gasteiger partial charge in [-0.3, -0.25) is 4.79 Å². The second kappa shape index (κ2) is 8.32. The summed E-state index contributed by atoms with van der Waals surface area (Å²) in [5.74, 6) is 0.825. The van der Waals surface area contributed by atoms with Gasteiger partial charge in [-0.2, -0.15) is 0 Å². The normalized spacial score (nSPS) is 10.7. The Morgan fingerprint density at radius 1 is 1.32 bits per heavy atom. The van der Waals surface area contributed by atoms with Gasteiger partial charge in [0.1, 0.15) is 5.75 Å². The highest BCUT2D eigenvalue weighted by Gasteiger charge is 2.06. The zero-order valence-corrected chi connectivity index (χ0v) is 11.6. The minimum Gasteiger partial charge on any atom is -0.494 e. The lowest BCUT2D eigenvalue weighted by atomic mass is 10.2. The number of likely N-dealkylation sites (N-methyl/N-ethyl adjacent to an activating group) is 1. The highest BCUT2D eigenvalue weighted by molar-refractivity contribution is 5.91. The Hall–Kier alpha value is -1.81. The predicted molar refractivity (Wildman–Crippen MR) is 78.0 cm³/mol. The van der Waals surface area contributed by atoms with E-state index in [0.717, 1.165) is 11.3 Å². The molecule has 0 aromatic heterocycles. The minimum absolute atomic E-state index is 0.0122. The van der Waals surface area contributed by atoms with Crippen LogP contribution < -0.4 is 10.5 Å². The van der Waals surface area contributed by atoms with E-state index in [-0.39, 0.29) is 5.91 Å². The molecule has 19 heavy (non-hydrogen) atoms. The number of carbonyl (C=O) groups excluding carboxylic acids is 1. The zero-order chi connectivity index (χ0) is 14.1. The summed E-state index contributed by atoms with van der Waals surface area (Å²) < 4.78 is 5.36. The number of nitrogens with zero attached hydrogens (tertiary/aromatic N) is 1. The maximum absolute atomic E-state index is 11.9. The van der Waals surface area contributed by atoms with Gasteiger partial charge in [0, 0.05) is 25.7 Å². The lowest BCUT2D eigenvalue weighted by Crippen LogP contribution is -2.33. The second-order valence-corrected chi connectivity index (χ2v) is 4.04. The largest absolute Gasteiger partial charge is 0.494 e. The number of amides is 1. The van der Waals surface area contributed by atoms with Crippen molar-refractivity contribution < 1.29 is 9.53 Å². The SMILES string of the molecule is CCOc1ccc(/C=C/C(=O)N(CC)CCN)cc1. The fourth-order valence-corrected chi connectivity index (χ4v) is 1.69. The van der Waals surface area contributed by atoms with Crippen molar-refractivity contribution >= 4 is 12.0 Å². The van der Waals surface area contributed by atoms with Gasteiger partial charge < -0.3 is 15.4 Å². The van der Waals surface area contributed by atoms with Crippen LogP contribution in [0, 0.1) is 0 Å². The Bertz CT molecular complexity index is 413. The number of ether oxygens (including phenoxy) is 1. The highest BCUT2D eigenvalue weighted by atomic mass is 16.5. The van der Waals surface area contributed by atoms with E-state index in [1.807, 2.05) is 38.1 Å². The summed E-state index contributed by atoms with van der Waals surface area (Å²) in [6.07, 6.45) is 3.38. The molecule has 0 fully saturated rings. The van der Waals surface area contributed by atoms with E-state index in [9.17, 15) is 4.79 Å². The monoisotopic (exact) mass is 262 g/mol. The number of hydrogen-bond acceptors (Lipinski definition) is 3. The molecule has 1 amide bonds. The number of benzene rings is 1. The minimum atomic E-state index is -0.0122. The fourth-order valence-electron chi connectivity index (χ4n) is 1.69. The van der Waals surface area contributed by atoms with Crippen molar-refractivity contribution in [2.24, 2.45) is 5.73 Å². The number of nitrogens with two attached hydrogens (primary N) is 1. The van der Waals surface area contributed by atoms with E-state index in [1.165, 1.54) is 0 Å². The first-order valence-electron chi connectivity index (χ1n) is 6.61. The molecule has 104 valence electrons. The summed E-state index contributed by atoms with van der Waals surface area (Å²) in [4.78, 5) is 13.6. The van der Waals surface area contributed by atoms with E-state index in [2.05, 4.69) is 0 Å². The average molecular weight is 262 g/mol. The van der Waals surface area contributed by atoms with Crippen LogP contribution in [0.25, 0.3) is 6.08 Å². The Labute approximate surface area is 114 Å². The van der Waals surface area contributed by atoms with Crippen LogP contribution in [0.1, 0.15) is 19.4 Å². The number of hydrogen-bond donors (Lipinski definition) is 1. The van der Waals surface area contributed by atoms with E-state index in [0.29, 0.717) is 26.2 Å². The van der Waals surface area contributed by atoms with Gasteiger partial charge in [0.2, 0.25) is 5.91 Å². The number of carbonyl (C=O) groups is 1. The summed E-state index contributed by atoms with van der Waals surface area (Å²) in [5, 5.41) is 0. The van der Waals surface area contributed by atoms with Gasteiger partial charge in [0.15, 0.2) is 0 Å². The summed E-state index contributed by atoms with van der Waals surface area (Å²) in [6, 6.07) is 7.64. The van der Waals surface area contributed by atoms with Gasteiger partial charge in [-0.1, -0.05) is 12.1 Å². The van der Waals surface area contributed by atoms with E-state index in [4.69, 9.17) is 10.5 Å². The maximum atomic E-state index is 11.9. The first kappa shape index (κ1) is 15.2. The Morgan fingerprint density at radius 3 is 2.53 bits per heavy atom. The van der Waals surface area contributed by atoms with Crippen molar-refractivity contribution in [2.45, 2.75) is 13.8 Å². The molecule has 0 aliphatic heterocycles. The van der Waals surface area contributed by atoms with E-state index < -0.39 is 0 Å². The van der Waals surface area contributed by atoms with Gasteiger partial charge in [-0.05, 0) is 37.6 Å². The van der Waals surface area contributed by atoms with Crippen LogP contribution in [0.2, 0.25) is 0 Å². The standard InChI is InChI=1S/C15H22N2O2/c1-3-17(12-11-16)15(18)10-7-13-5-8-14(9-6-13)19-4-2/h5-10H,3-4,11-12,16H2,1-2H3/b10-7+. The fraction of sp³-hybridized carbons (Fsp3) is 0.400. The lowest BCUT2D eigenvalue weighted by molar-refractivity contribution is -0.125. The molecular formula is C15H22N2O2. The van der Waals surface area contributed by atoms with Crippen LogP contribution in [0.3, 0.4) is 0 Å². The molecule has 2 N–H and O–H groups in total. The van der Waals surface area contributed by atoms with Gasteiger partial charge >= 0.3 is 0 Å². The third-order valence-electron chi connectivity index (χ3n) is 2.70. The molecule has 1 rings (SSSR count). The van der Waals surface area contributed by atoms with Gasteiger partial charge in [0.25, 0.3) is 0 Å². The lowest BCUT2D eigenvalue weighted by Gasteiger charge is -2.17. The van der Waals surface area contributed by atoms with Crippen LogP contribution in [0.4, 0.5) is 0 Å². The quantitative estimate of drug-likeness (QED) is 0.764. The molecule has 0 unspecified atom stereocenters. The van der Waals surface area contributed by atoms with Crippen molar-refractivity contribution in [1.82, 2.24) is 4.90 Å². The predicted octanol–water partition coefficient (Wildman–Crippen LogP) is 1.91. The molecule has 0 spiro atoms. The van der Waals surface area contributed by atoms with Crippen LogP contribution >= 0.6 is 0 Å². The molecule has 4 nitrogen and oxygen atoms in total. The smallest absolute Gasteiger partial charge is 0.246 e. The van der Waals surface area contributed by atoms with Gasteiger partial charge in [-0.25, -0.2) is 0 Å². The topological polar surface area (TPSA) is 55.6 Å². The van der Waals surface area contributed by atoms with Crippen LogP contribution in [-0.4, -0.2) is 37.0 Å². The molecule has 0 aliphatic rings. The third-order valence-corrected chi connectivity index (χ3v) is 2.70. The molecule has 4 heteroatoms. The van der Waals surface area contributed by atoms with E-state index in [1.54, 1.807) is 17.1 Å². The molecule has 1 aromatic carbocycles. The van der Waals surface area contributed by atoms with Crippen molar-refractivity contribution in [1.29, 1.82) is 0 Å². The average Bonchev–Trinajstić information content (AvgIpc) is 2.44. The Morgan fingerprint density at radius 2 is 2.00 bits per heavy atom. The highest BCUT2D eigenvalue weighted by Crippen LogP contribution is 2.13. The molecule has 0 saturated heterocycles. The number of rotatable bonds is 7. The summed E-state index contributed by atoms with van der Waals surface area (Å²) in [7, 11) is 0. The van der Waals surface area contributed by atoms with Gasteiger partial charge in [0.05, 0.1) is 6.61 Å². The molecule has 0 bridgehead atoms. The summed E-state index contributed by atoms with van der Waals surface area (Å²) >= 11 is 0. The first-order chi connectivity index (χ1) is 9.21. The third kappa shape index (κ3) is 5.14. The molecule has 0 heterocycles. The Balaban J connectivity index is 2.62. The van der Waals surface area contributed by atoms with Crippen LogP contribution in [-0.2, 0) is 4.79 Å². The summed E-state index contributed by atoms with van der Waals surface area (Å²) in [6.45, 7) is 6.28. The second-order valence-electron chi connectivity index (χ2n) is 4.04. The molecule has 0 aliphatic carbocycles. The molecule has 0 saturated carbocycles. The van der Waals surface area contributed by atoms with E-state index >= 15 is 0 Å². The van der Waals surface area contributed by atoms with Crippen LogP contribution in [0.15, 0.2) is 30.3 Å². The van der Waals surface area contributed by atoms with Crippen LogP contribution in [0.5, 0.6) is 5.75 Å². The first-order valence-corrected chi connectivity index (χ1v) is 6.61.